The second-order valence-electron chi connectivity index (χ2n) is 6.54. The molecule has 31 heavy (non-hydrogen) atoms. The summed E-state index contributed by atoms with van der Waals surface area (Å²) in [6.45, 7) is 0. The third-order valence-electron chi connectivity index (χ3n) is 4.58. The number of aromatic amines is 1. The topological polar surface area (TPSA) is 106 Å². The minimum atomic E-state index is -0.403. The minimum Gasteiger partial charge on any atom is -0.319 e. The first-order chi connectivity index (χ1) is 15.1. The predicted molar refractivity (Wildman–Crippen MR) is 115 cm³/mol. The molecule has 5 rings (SSSR count). The van der Waals surface area contributed by atoms with E-state index in [1.54, 1.807) is 41.8 Å². The van der Waals surface area contributed by atoms with Gasteiger partial charge >= 0.3 is 0 Å². The van der Waals surface area contributed by atoms with Crippen LogP contribution in [0.3, 0.4) is 0 Å². The van der Waals surface area contributed by atoms with Gasteiger partial charge in [-0.2, -0.15) is 5.10 Å². The van der Waals surface area contributed by atoms with Gasteiger partial charge < -0.3 is 10.3 Å². The molecular weight excluding hydrogens is 419 g/mol. The van der Waals surface area contributed by atoms with Crippen LogP contribution in [0.5, 0.6) is 0 Å². The number of rotatable bonds is 4. The van der Waals surface area contributed by atoms with Crippen molar-refractivity contribution in [3.63, 3.8) is 0 Å². The zero-order valence-corrected chi connectivity index (χ0v) is 16.6. The Labute approximate surface area is 178 Å². The molecule has 3 heterocycles. The molecule has 5 aromatic rings. The molecule has 0 aliphatic heterocycles. The Balaban J connectivity index is 1.46. The van der Waals surface area contributed by atoms with E-state index in [1.165, 1.54) is 40.7 Å². The van der Waals surface area contributed by atoms with Gasteiger partial charge in [-0.05, 0) is 36.4 Å². The number of benzene rings is 2. The monoisotopic (exact) mass is 432 g/mol. The van der Waals surface area contributed by atoms with Gasteiger partial charge in [0.25, 0.3) is 11.5 Å². The summed E-state index contributed by atoms with van der Waals surface area (Å²) in [6, 6.07) is 13.0. The molecule has 10 heteroatoms. The van der Waals surface area contributed by atoms with Crippen LogP contribution in [0.4, 0.5) is 10.1 Å². The molecule has 0 saturated carbocycles. The van der Waals surface area contributed by atoms with E-state index in [9.17, 15) is 14.0 Å². The summed E-state index contributed by atoms with van der Waals surface area (Å²) in [7, 11) is 0. The third-order valence-corrected chi connectivity index (χ3v) is 5.47. The number of nitrogens with zero attached hydrogens (tertiary/aromatic N) is 4. The summed E-state index contributed by atoms with van der Waals surface area (Å²) >= 11 is 1.29. The van der Waals surface area contributed by atoms with Gasteiger partial charge in [0, 0.05) is 10.9 Å². The number of fused-ring (bicyclic) bond motifs is 1. The van der Waals surface area contributed by atoms with E-state index >= 15 is 0 Å². The van der Waals surface area contributed by atoms with Crippen molar-refractivity contribution in [1.29, 1.82) is 0 Å². The van der Waals surface area contributed by atoms with E-state index in [0.29, 0.717) is 27.4 Å². The Hall–Kier alpha value is -4.18. The number of carbonyl (C=O) groups excluding carboxylic acids is 1. The number of hydrogen-bond acceptors (Lipinski definition) is 6. The molecule has 0 atom stereocenters. The van der Waals surface area contributed by atoms with Crippen molar-refractivity contribution >= 4 is 34.0 Å². The van der Waals surface area contributed by atoms with Gasteiger partial charge in [-0.3, -0.25) is 9.59 Å². The highest BCUT2D eigenvalue weighted by Crippen LogP contribution is 2.26. The maximum absolute atomic E-state index is 13.1. The van der Waals surface area contributed by atoms with Gasteiger partial charge in [0.15, 0.2) is 5.65 Å². The van der Waals surface area contributed by atoms with Crippen LogP contribution in [0.2, 0.25) is 0 Å². The average molecular weight is 432 g/mol. The van der Waals surface area contributed by atoms with Crippen molar-refractivity contribution in [2.24, 2.45) is 0 Å². The van der Waals surface area contributed by atoms with Gasteiger partial charge in [0.2, 0.25) is 0 Å². The first-order valence-corrected chi connectivity index (χ1v) is 10.0. The Morgan fingerprint density at radius 2 is 1.94 bits per heavy atom. The molecular formula is C21H13FN6O2S. The minimum absolute atomic E-state index is 0.235. The van der Waals surface area contributed by atoms with Crippen molar-refractivity contribution in [2.75, 3.05) is 5.32 Å². The van der Waals surface area contributed by atoms with Gasteiger partial charge in [-0.1, -0.05) is 12.1 Å². The molecule has 1 amide bonds. The Kier molecular flexibility index (Phi) is 4.60. The number of H-pyrrole nitrogens is 1. The van der Waals surface area contributed by atoms with Gasteiger partial charge in [-0.25, -0.2) is 19.0 Å². The number of hydrogen-bond donors (Lipinski definition) is 2. The zero-order valence-electron chi connectivity index (χ0n) is 15.7. The lowest BCUT2D eigenvalue weighted by molar-refractivity contribution is 0.102. The quantitative estimate of drug-likeness (QED) is 0.451. The third kappa shape index (κ3) is 3.49. The summed E-state index contributed by atoms with van der Waals surface area (Å²) in [5.74, 6) is -0.739. The fourth-order valence-corrected chi connectivity index (χ4v) is 3.89. The van der Waals surface area contributed by atoms with Crippen LogP contribution in [0.15, 0.2) is 71.2 Å². The number of thiazole rings is 1. The first-order valence-electron chi connectivity index (χ1n) is 9.14. The maximum atomic E-state index is 13.1. The van der Waals surface area contributed by atoms with Crippen molar-refractivity contribution in [2.45, 2.75) is 0 Å². The lowest BCUT2D eigenvalue weighted by Gasteiger charge is -2.10. The van der Waals surface area contributed by atoms with Gasteiger partial charge in [-0.15, -0.1) is 11.3 Å². The molecule has 3 aromatic heterocycles. The Bertz CT molecular complexity index is 1470. The van der Waals surface area contributed by atoms with Crippen LogP contribution < -0.4 is 10.9 Å². The number of para-hydroxylation sites is 2. The smallest absolute Gasteiger partial charge is 0.275 e. The molecule has 2 N–H and O–H groups in total. The second kappa shape index (κ2) is 7.58. The van der Waals surface area contributed by atoms with Gasteiger partial charge in [0.05, 0.1) is 23.9 Å². The van der Waals surface area contributed by atoms with Crippen LogP contribution in [-0.4, -0.2) is 30.6 Å². The summed E-state index contributed by atoms with van der Waals surface area (Å²) < 4.78 is 14.6. The molecule has 0 bridgehead atoms. The van der Waals surface area contributed by atoms with Crippen molar-refractivity contribution < 1.29 is 9.18 Å². The highest BCUT2D eigenvalue weighted by atomic mass is 32.1. The normalized spacial score (nSPS) is 11.0. The fourth-order valence-electron chi connectivity index (χ4n) is 3.09. The number of halogens is 1. The molecule has 2 aromatic carbocycles. The number of carbonyl (C=O) groups is 1. The van der Waals surface area contributed by atoms with Crippen LogP contribution in [-0.2, 0) is 0 Å². The second-order valence-corrected chi connectivity index (χ2v) is 7.40. The molecule has 0 fully saturated rings. The first kappa shape index (κ1) is 18.8. The zero-order chi connectivity index (χ0) is 21.4. The maximum Gasteiger partial charge on any atom is 0.275 e. The molecule has 0 unspecified atom stereocenters. The summed E-state index contributed by atoms with van der Waals surface area (Å²) in [5.41, 5.74) is 2.07. The summed E-state index contributed by atoms with van der Waals surface area (Å²) in [4.78, 5) is 35.9. The van der Waals surface area contributed by atoms with Crippen molar-refractivity contribution in [3.8, 4) is 16.3 Å². The van der Waals surface area contributed by atoms with E-state index < -0.39 is 5.91 Å². The molecule has 0 aliphatic carbocycles. The largest absolute Gasteiger partial charge is 0.319 e. The fraction of sp³-hybridized carbons (Fsp3) is 0. The standard InChI is InChI=1S/C21H13FN6O2S/c22-13-7-5-12(6-8-13)21-27-16(10-31-21)20(30)26-15-3-1-2-4-17(15)28-18-14(9-25-28)19(29)24-11-23-18/h1-11H,(H,26,30)(H,23,24,29). The highest BCUT2D eigenvalue weighted by Gasteiger charge is 2.16. The number of nitrogens with one attached hydrogen (secondary N) is 2. The Morgan fingerprint density at radius 1 is 1.13 bits per heavy atom. The molecule has 0 saturated heterocycles. The number of amides is 1. The number of anilines is 1. The van der Waals surface area contributed by atoms with Crippen LogP contribution >= 0.6 is 11.3 Å². The summed E-state index contributed by atoms with van der Waals surface area (Å²) in [5, 5.41) is 9.69. The summed E-state index contributed by atoms with van der Waals surface area (Å²) in [6.07, 6.45) is 2.73. The van der Waals surface area contributed by atoms with Gasteiger partial charge in [0.1, 0.15) is 21.9 Å². The van der Waals surface area contributed by atoms with Crippen molar-refractivity contribution in [3.05, 3.63) is 88.3 Å². The van der Waals surface area contributed by atoms with E-state index in [2.05, 4.69) is 25.4 Å². The van der Waals surface area contributed by atoms with E-state index in [1.807, 2.05) is 0 Å². The van der Waals surface area contributed by atoms with E-state index in [0.717, 1.165) is 5.56 Å². The van der Waals surface area contributed by atoms with Crippen molar-refractivity contribution in [1.82, 2.24) is 24.7 Å². The molecule has 8 nitrogen and oxygen atoms in total. The highest BCUT2D eigenvalue weighted by molar-refractivity contribution is 7.13. The SMILES string of the molecule is O=C(Nc1ccccc1-n1ncc2c(=O)[nH]cnc21)c1csc(-c2ccc(F)cc2)n1. The van der Waals surface area contributed by atoms with Crippen LogP contribution in [0, 0.1) is 5.82 Å². The Morgan fingerprint density at radius 3 is 2.77 bits per heavy atom. The predicted octanol–water partition coefficient (Wildman–Crippen LogP) is 3.62. The van der Waals surface area contributed by atoms with Crippen LogP contribution in [0.25, 0.3) is 27.3 Å². The average Bonchev–Trinajstić information content (AvgIpc) is 3.43. The lowest BCUT2D eigenvalue weighted by Crippen LogP contribution is -2.15. The molecule has 152 valence electrons. The lowest BCUT2D eigenvalue weighted by atomic mass is 10.2. The van der Waals surface area contributed by atoms with E-state index in [-0.39, 0.29) is 17.1 Å². The van der Waals surface area contributed by atoms with Crippen LogP contribution in [0.1, 0.15) is 10.5 Å². The molecule has 0 spiro atoms. The number of aromatic nitrogens is 5. The van der Waals surface area contributed by atoms with E-state index in [4.69, 9.17) is 0 Å². The molecule has 0 aliphatic rings. The molecule has 0 radical (unpaired) electrons.